The van der Waals surface area contributed by atoms with E-state index >= 15 is 0 Å². The monoisotopic (exact) mass is 342 g/mol. The van der Waals surface area contributed by atoms with Crippen molar-refractivity contribution in [1.29, 1.82) is 0 Å². The van der Waals surface area contributed by atoms with E-state index in [4.69, 9.17) is 9.47 Å². The number of pyridine rings is 1. The van der Waals surface area contributed by atoms with Gasteiger partial charge in [-0.25, -0.2) is 0 Å². The van der Waals surface area contributed by atoms with Gasteiger partial charge in [0.05, 0.1) is 25.9 Å². The zero-order valence-corrected chi connectivity index (χ0v) is 14.1. The zero-order chi connectivity index (χ0) is 17.1. The minimum atomic E-state index is -0.00582. The molecular weight excluding hydrogens is 320 g/mol. The molecule has 0 aromatic carbocycles. The standard InChI is InChI=1S/C18H22N4O3/c23-18(17-15-12-24-9-5-16(15)20-21-17)22-7-3-14(4-8-22)25-11-13-2-1-6-19-10-13/h1-2,6,10,14H,3-5,7-9,11-12H2,(H,20,21). The van der Waals surface area contributed by atoms with E-state index in [2.05, 4.69) is 15.2 Å². The van der Waals surface area contributed by atoms with Crippen LogP contribution in [0.4, 0.5) is 0 Å². The molecule has 1 N–H and O–H groups in total. The number of H-pyrrole nitrogens is 1. The molecule has 7 heteroatoms. The zero-order valence-electron chi connectivity index (χ0n) is 14.1. The number of hydrogen-bond acceptors (Lipinski definition) is 5. The fraction of sp³-hybridized carbons (Fsp3) is 0.500. The van der Waals surface area contributed by atoms with Gasteiger partial charge in [0, 0.05) is 43.2 Å². The van der Waals surface area contributed by atoms with E-state index in [-0.39, 0.29) is 12.0 Å². The molecule has 2 aromatic heterocycles. The molecule has 2 aromatic rings. The predicted molar refractivity (Wildman–Crippen MR) is 89.9 cm³/mol. The van der Waals surface area contributed by atoms with Gasteiger partial charge < -0.3 is 14.4 Å². The van der Waals surface area contributed by atoms with Gasteiger partial charge >= 0.3 is 0 Å². The summed E-state index contributed by atoms with van der Waals surface area (Å²) >= 11 is 0. The molecule has 132 valence electrons. The maximum atomic E-state index is 12.8. The van der Waals surface area contributed by atoms with Gasteiger partial charge in [-0.15, -0.1) is 0 Å². The number of amides is 1. The summed E-state index contributed by atoms with van der Waals surface area (Å²) in [6.07, 6.45) is 6.23. The highest BCUT2D eigenvalue weighted by molar-refractivity contribution is 5.94. The van der Waals surface area contributed by atoms with E-state index in [9.17, 15) is 4.79 Å². The van der Waals surface area contributed by atoms with Crippen LogP contribution in [0.5, 0.6) is 0 Å². The van der Waals surface area contributed by atoms with E-state index in [0.29, 0.717) is 38.6 Å². The molecular formula is C18H22N4O3. The van der Waals surface area contributed by atoms with Crippen molar-refractivity contribution in [3.63, 3.8) is 0 Å². The highest BCUT2D eigenvalue weighted by Crippen LogP contribution is 2.22. The molecule has 7 nitrogen and oxygen atoms in total. The number of nitrogens with one attached hydrogen (secondary N) is 1. The van der Waals surface area contributed by atoms with Crippen LogP contribution in [0.3, 0.4) is 0 Å². The lowest BCUT2D eigenvalue weighted by molar-refractivity contribution is -0.000704. The van der Waals surface area contributed by atoms with Gasteiger partial charge in [0.25, 0.3) is 5.91 Å². The van der Waals surface area contributed by atoms with Gasteiger partial charge in [-0.3, -0.25) is 14.9 Å². The maximum Gasteiger partial charge on any atom is 0.274 e. The van der Waals surface area contributed by atoms with Crippen LogP contribution in [0, 0.1) is 0 Å². The predicted octanol–water partition coefficient (Wildman–Crippen LogP) is 1.70. The number of rotatable bonds is 4. The lowest BCUT2D eigenvalue weighted by Crippen LogP contribution is -2.41. The molecule has 0 unspecified atom stereocenters. The minimum absolute atomic E-state index is 0.00582. The summed E-state index contributed by atoms with van der Waals surface area (Å²) in [7, 11) is 0. The van der Waals surface area contributed by atoms with Crippen molar-refractivity contribution < 1.29 is 14.3 Å². The fourth-order valence-corrected chi connectivity index (χ4v) is 3.36. The number of piperidine rings is 1. The first-order valence-corrected chi connectivity index (χ1v) is 8.75. The summed E-state index contributed by atoms with van der Waals surface area (Å²) in [5.74, 6) is -0.00582. The van der Waals surface area contributed by atoms with Crippen LogP contribution >= 0.6 is 0 Å². The van der Waals surface area contributed by atoms with Crippen molar-refractivity contribution in [2.75, 3.05) is 19.7 Å². The summed E-state index contributed by atoms with van der Waals surface area (Å²) in [6.45, 7) is 3.11. The maximum absolute atomic E-state index is 12.8. The van der Waals surface area contributed by atoms with Crippen molar-refractivity contribution in [1.82, 2.24) is 20.1 Å². The summed E-state index contributed by atoms with van der Waals surface area (Å²) in [5.41, 5.74) is 3.55. The highest BCUT2D eigenvalue weighted by atomic mass is 16.5. The third kappa shape index (κ3) is 3.57. The van der Waals surface area contributed by atoms with Crippen LogP contribution < -0.4 is 0 Å². The second-order valence-corrected chi connectivity index (χ2v) is 6.50. The number of likely N-dealkylation sites (tertiary alicyclic amines) is 1. The van der Waals surface area contributed by atoms with Crippen molar-refractivity contribution in [2.24, 2.45) is 0 Å². The van der Waals surface area contributed by atoms with E-state index in [1.165, 1.54) is 0 Å². The van der Waals surface area contributed by atoms with Crippen molar-refractivity contribution >= 4 is 5.91 Å². The van der Waals surface area contributed by atoms with Gasteiger partial charge in [-0.05, 0) is 24.5 Å². The fourth-order valence-electron chi connectivity index (χ4n) is 3.36. The lowest BCUT2D eigenvalue weighted by atomic mass is 10.1. The Morgan fingerprint density at radius 3 is 3.08 bits per heavy atom. The third-order valence-corrected chi connectivity index (χ3v) is 4.84. The van der Waals surface area contributed by atoms with Crippen molar-refractivity contribution in [3.8, 4) is 0 Å². The highest BCUT2D eigenvalue weighted by Gasteiger charge is 2.29. The second kappa shape index (κ2) is 7.33. The SMILES string of the molecule is O=C(c1n[nH]c2c1COCC2)N1CCC(OCc2cccnc2)CC1. The molecule has 0 bridgehead atoms. The molecule has 0 spiro atoms. The number of fused-ring (bicyclic) bond motifs is 1. The Labute approximate surface area is 146 Å². The average Bonchev–Trinajstić information content (AvgIpc) is 3.11. The number of carbonyl (C=O) groups excluding carboxylic acids is 1. The van der Waals surface area contributed by atoms with E-state index in [1.54, 1.807) is 6.20 Å². The Bertz CT molecular complexity index is 723. The number of aromatic nitrogens is 3. The summed E-state index contributed by atoms with van der Waals surface area (Å²) in [5, 5.41) is 7.22. The second-order valence-electron chi connectivity index (χ2n) is 6.50. The van der Waals surface area contributed by atoms with Crippen molar-refractivity contribution in [2.45, 2.75) is 38.6 Å². The topological polar surface area (TPSA) is 80.3 Å². The number of carbonyl (C=O) groups is 1. The van der Waals surface area contributed by atoms with E-state index in [0.717, 1.165) is 36.1 Å². The van der Waals surface area contributed by atoms with Crippen LogP contribution in [-0.2, 0) is 29.1 Å². The van der Waals surface area contributed by atoms with E-state index in [1.807, 2.05) is 23.2 Å². The quantitative estimate of drug-likeness (QED) is 0.915. The van der Waals surface area contributed by atoms with Crippen LogP contribution in [-0.4, -0.2) is 51.8 Å². The molecule has 25 heavy (non-hydrogen) atoms. The Morgan fingerprint density at radius 1 is 1.40 bits per heavy atom. The first kappa shape index (κ1) is 16.2. The van der Waals surface area contributed by atoms with Crippen LogP contribution in [0.25, 0.3) is 0 Å². The van der Waals surface area contributed by atoms with Gasteiger partial charge in [-0.2, -0.15) is 5.10 Å². The number of aromatic amines is 1. The third-order valence-electron chi connectivity index (χ3n) is 4.84. The van der Waals surface area contributed by atoms with Gasteiger partial charge in [0.2, 0.25) is 0 Å². The molecule has 0 atom stereocenters. The average molecular weight is 342 g/mol. The molecule has 1 saturated heterocycles. The summed E-state index contributed by atoms with van der Waals surface area (Å²) in [6, 6.07) is 3.92. The molecule has 2 aliphatic rings. The first-order valence-electron chi connectivity index (χ1n) is 8.75. The normalized spacial score (nSPS) is 18.2. The smallest absolute Gasteiger partial charge is 0.274 e. The Kier molecular flexibility index (Phi) is 4.76. The first-order chi connectivity index (χ1) is 12.3. The van der Waals surface area contributed by atoms with Crippen molar-refractivity contribution in [3.05, 3.63) is 47.0 Å². The summed E-state index contributed by atoms with van der Waals surface area (Å²) < 4.78 is 11.4. The molecule has 1 fully saturated rings. The van der Waals surface area contributed by atoms with Gasteiger partial charge in [0.1, 0.15) is 0 Å². The molecule has 0 aliphatic carbocycles. The molecule has 0 saturated carbocycles. The molecule has 4 heterocycles. The molecule has 2 aliphatic heterocycles. The van der Waals surface area contributed by atoms with E-state index < -0.39 is 0 Å². The van der Waals surface area contributed by atoms with Crippen LogP contribution in [0.15, 0.2) is 24.5 Å². The number of nitrogens with zero attached hydrogens (tertiary/aromatic N) is 3. The van der Waals surface area contributed by atoms with Crippen LogP contribution in [0.1, 0.15) is 40.2 Å². The Morgan fingerprint density at radius 2 is 2.28 bits per heavy atom. The van der Waals surface area contributed by atoms with Gasteiger partial charge in [-0.1, -0.05) is 6.07 Å². The lowest BCUT2D eigenvalue weighted by Gasteiger charge is -2.31. The Hall–Kier alpha value is -2.25. The largest absolute Gasteiger partial charge is 0.376 e. The molecule has 1 amide bonds. The van der Waals surface area contributed by atoms with Crippen LogP contribution in [0.2, 0.25) is 0 Å². The number of hydrogen-bond donors (Lipinski definition) is 1. The summed E-state index contributed by atoms with van der Waals surface area (Å²) in [4.78, 5) is 18.7. The molecule has 0 radical (unpaired) electrons. The van der Waals surface area contributed by atoms with Gasteiger partial charge in [0.15, 0.2) is 5.69 Å². The number of ether oxygens (including phenoxy) is 2. The molecule has 4 rings (SSSR count). The minimum Gasteiger partial charge on any atom is -0.376 e. The Balaban J connectivity index is 1.31.